The number of carbonyl (C=O) groups excluding carboxylic acids is 1. The molecule has 0 saturated heterocycles. The lowest BCUT2D eigenvalue weighted by Gasteiger charge is -2.05. The first-order valence-electron chi connectivity index (χ1n) is 5.89. The first-order chi connectivity index (χ1) is 8.03. The van der Waals surface area contributed by atoms with E-state index in [-0.39, 0.29) is 18.0 Å². The quantitative estimate of drug-likeness (QED) is 0.822. The van der Waals surface area contributed by atoms with Crippen molar-refractivity contribution in [1.29, 1.82) is 0 Å². The van der Waals surface area contributed by atoms with Crippen molar-refractivity contribution in [3.8, 4) is 0 Å². The van der Waals surface area contributed by atoms with Gasteiger partial charge in [-0.3, -0.25) is 4.79 Å². The molecule has 0 saturated carbocycles. The lowest BCUT2D eigenvalue weighted by atomic mass is 10.1. The smallest absolute Gasteiger partial charge is 0.185 e. The predicted molar refractivity (Wildman–Crippen MR) is 65.8 cm³/mol. The molecule has 2 rings (SSSR count). The van der Waals surface area contributed by atoms with Crippen LogP contribution < -0.4 is 0 Å². The van der Waals surface area contributed by atoms with Gasteiger partial charge in [-0.15, -0.1) is 0 Å². The summed E-state index contributed by atoms with van der Waals surface area (Å²) in [5.74, 6) is -0.604. The Bertz CT molecular complexity index is 544. The van der Waals surface area contributed by atoms with E-state index in [4.69, 9.17) is 0 Å². The monoisotopic (exact) mass is 252 g/mol. The summed E-state index contributed by atoms with van der Waals surface area (Å²) in [6.45, 7) is 1.68. The molecule has 0 unspecified atom stereocenters. The molecule has 0 radical (unpaired) electrons. The molecule has 1 aliphatic carbocycles. The summed E-state index contributed by atoms with van der Waals surface area (Å²) in [6.07, 6.45) is 3.33. The highest BCUT2D eigenvalue weighted by molar-refractivity contribution is 7.92. The van der Waals surface area contributed by atoms with E-state index in [1.54, 1.807) is 19.1 Å². The van der Waals surface area contributed by atoms with Gasteiger partial charge in [0.05, 0.1) is 4.90 Å². The van der Waals surface area contributed by atoms with E-state index in [9.17, 15) is 13.2 Å². The molecular weight excluding hydrogens is 236 g/mol. The minimum atomic E-state index is -3.44. The van der Waals surface area contributed by atoms with Crippen molar-refractivity contribution in [3.63, 3.8) is 0 Å². The van der Waals surface area contributed by atoms with Crippen LogP contribution >= 0.6 is 0 Å². The summed E-state index contributed by atoms with van der Waals surface area (Å²) >= 11 is 0. The van der Waals surface area contributed by atoms with Gasteiger partial charge in [0.15, 0.2) is 9.84 Å². The van der Waals surface area contributed by atoms with Gasteiger partial charge in [0.25, 0.3) is 0 Å². The molecule has 0 fully saturated rings. The Morgan fingerprint density at radius 2 is 1.94 bits per heavy atom. The summed E-state index contributed by atoms with van der Waals surface area (Å²) in [4.78, 5) is 11.5. The van der Waals surface area contributed by atoms with Crippen LogP contribution in [0.4, 0.5) is 0 Å². The fraction of sp³-hybridized carbons (Fsp3) is 0.462. The first kappa shape index (κ1) is 12.3. The van der Waals surface area contributed by atoms with Gasteiger partial charge in [-0.25, -0.2) is 8.42 Å². The van der Waals surface area contributed by atoms with E-state index in [2.05, 4.69) is 0 Å². The molecule has 0 N–H and O–H groups in total. The number of Topliss-reactive ketones (excluding diaryl/α,β-unsaturated/α-hetero) is 1. The summed E-state index contributed by atoms with van der Waals surface area (Å²) in [5.41, 5.74) is 2.36. The summed E-state index contributed by atoms with van der Waals surface area (Å²) in [6, 6.07) is 5.24. The van der Waals surface area contributed by atoms with Crippen molar-refractivity contribution in [2.75, 3.05) is 5.75 Å². The second kappa shape index (κ2) is 4.61. The van der Waals surface area contributed by atoms with Gasteiger partial charge in [0.1, 0.15) is 11.5 Å². The van der Waals surface area contributed by atoms with Crippen molar-refractivity contribution >= 4 is 15.6 Å². The molecule has 0 bridgehead atoms. The molecule has 4 heteroatoms. The topological polar surface area (TPSA) is 51.2 Å². The van der Waals surface area contributed by atoms with Crippen LogP contribution in [0.25, 0.3) is 0 Å². The van der Waals surface area contributed by atoms with Crippen molar-refractivity contribution in [3.05, 3.63) is 29.3 Å². The minimum absolute atomic E-state index is 0.231. The second-order valence-electron chi connectivity index (χ2n) is 4.44. The van der Waals surface area contributed by atoms with Crippen LogP contribution in [0, 0.1) is 0 Å². The van der Waals surface area contributed by atoms with Crippen molar-refractivity contribution in [1.82, 2.24) is 0 Å². The molecule has 0 aliphatic heterocycles. The maximum absolute atomic E-state index is 12.0. The summed E-state index contributed by atoms with van der Waals surface area (Å²) < 4.78 is 24.0. The Kier molecular flexibility index (Phi) is 3.33. The molecule has 1 aliphatic rings. The number of fused-ring (bicyclic) bond motifs is 1. The van der Waals surface area contributed by atoms with Gasteiger partial charge in [-0.2, -0.15) is 0 Å². The third-order valence-electron chi connectivity index (χ3n) is 3.17. The van der Waals surface area contributed by atoms with Crippen LogP contribution in [0.2, 0.25) is 0 Å². The number of benzene rings is 1. The van der Waals surface area contributed by atoms with E-state index in [0.29, 0.717) is 4.90 Å². The fourth-order valence-electron chi connectivity index (χ4n) is 2.14. The minimum Gasteiger partial charge on any atom is -0.299 e. The molecule has 92 valence electrons. The highest BCUT2D eigenvalue weighted by Crippen LogP contribution is 2.25. The largest absolute Gasteiger partial charge is 0.299 e. The molecule has 0 spiro atoms. The number of aryl methyl sites for hydroxylation is 2. The SMILES string of the molecule is CCC(=O)CS(=O)(=O)c1ccc2c(c1)CCC2. The zero-order chi connectivity index (χ0) is 12.5. The van der Waals surface area contributed by atoms with Crippen LogP contribution in [0.3, 0.4) is 0 Å². The van der Waals surface area contributed by atoms with Gasteiger partial charge in [-0.05, 0) is 42.5 Å². The predicted octanol–water partition coefficient (Wildman–Crippen LogP) is 1.93. The van der Waals surface area contributed by atoms with E-state index < -0.39 is 9.84 Å². The highest BCUT2D eigenvalue weighted by Gasteiger charge is 2.20. The van der Waals surface area contributed by atoms with Crippen LogP contribution in [-0.4, -0.2) is 20.0 Å². The molecule has 0 aromatic heterocycles. The number of ketones is 1. The molecule has 0 amide bonds. The molecule has 0 atom stereocenters. The Morgan fingerprint density at radius 3 is 2.65 bits per heavy atom. The van der Waals surface area contributed by atoms with E-state index in [1.165, 1.54) is 5.56 Å². The lowest BCUT2D eigenvalue weighted by molar-refractivity contribution is -0.116. The number of sulfone groups is 1. The van der Waals surface area contributed by atoms with E-state index in [0.717, 1.165) is 24.8 Å². The Balaban J connectivity index is 2.31. The van der Waals surface area contributed by atoms with Gasteiger partial charge in [0.2, 0.25) is 0 Å². The molecular formula is C13H16O3S. The average Bonchev–Trinajstić information content (AvgIpc) is 2.75. The van der Waals surface area contributed by atoms with E-state index in [1.807, 2.05) is 6.07 Å². The van der Waals surface area contributed by atoms with Crippen LogP contribution in [0.5, 0.6) is 0 Å². The molecule has 1 aromatic rings. The van der Waals surface area contributed by atoms with Crippen molar-refractivity contribution in [2.45, 2.75) is 37.5 Å². The normalized spacial score (nSPS) is 14.6. The van der Waals surface area contributed by atoms with Crippen molar-refractivity contribution in [2.24, 2.45) is 0 Å². The zero-order valence-electron chi connectivity index (χ0n) is 9.90. The Labute approximate surface area is 102 Å². The number of hydrogen-bond acceptors (Lipinski definition) is 3. The van der Waals surface area contributed by atoms with Gasteiger partial charge in [0, 0.05) is 6.42 Å². The summed E-state index contributed by atoms with van der Waals surface area (Å²) in [5, 5.41) is 0. The molecule has 3 nitrogen and oxygen atoms in total. The molecule has 17 heavy (non-hydrogen) atoms. The second-order valence-corrected chi connectivity index (χ2v) is 6.42. The zero-order valence-corrected chi connectivity index (χ0v) is 10.7. The highest BCUT2D eigenvalue weighted by atomic mass is 32.2. The average molecular weight is 252 g/mol. The fourth-order valence-corrected chi connectivity index (χ4v) is 3.53. The van der Waals surface area contributed by atoms with Crippen LogP contribution in [0.1, 0.15) is 30.9 Å². The van der Waals surface area contributed by atoms with Crippen LogP contribution in [0.15, 0.2) is 23.1 Å². The van der Waals surface area contributed by atoms with Crippen molar-refractivity contribution < 1.29 is 13.2 Å². The third-order valence-corrected chi connectivity index (χ3v) is 4.85. The standard InChI is InChI=1S/C13H16O3S/c1-2-12(14)9-17(15,16)13-7-6-10-4-3-5-11(10)8-13/h6-8H,2-5,9H2,1H3. The number of carbonyl (C=O) groups is 1. The Hall–Kier alpha value is -1.16. The third kappa shape index (κ3) is 2.57. The summed E-state index contributed by atoms with van der Waals surface area (Å²) in [7, 11) is -3.44. The van der Waals surface area contributed by atoms with E-state index >= 15 is 0 Å². The first-order valence-corrected chi connectivity index (χ1v) is 7.54. The van der Waals surface area contributed by atoms with Gasteiger partial charge in [-0.1, -0.05) is 13.0 Å². The lowest BCUT2D eigenvalue weighted by Crippen LogP contribution is -2.15. The number of hydrogen-bond donors (Lipinski definition) is 0. The maximum atomic E-state index is 12.0. The number of rotatable bonds is 4. The van der Waals surface area contributed by atoms with Crippen LogP contribution in [-0.2, 0) is 27.5 Å². The molecule has 1 aromatic carbocycles. The molecule has 0 heterocycles. The maximum Gasteiger partial charge on any atom is 0.185 e. The Morgan fingerprint density at radius 1 is 1.24 bits per heavy atom. The van der Waals surface area contributed by atoms with Gasteiger partial charge >= 0.3 is 0 Å². The van der Waals surface area contributed by atoms with Gasteiger partial charge < -0.3 is 0 Å².